The molecule has 2 aromatic rings. The molecule has 14 heavy (non-hydrogen) atoms. The molecule has 0 bridgehead atoms. The molecule has 0 unspecified atom stereocenters. The maximum Gasteiger partial charge on any atom is 0.180 e. The molecule has 2 N–H and O–H groups in total. The van der Waals surface area contributed by atoms with Gasteiger partial charge in [-0.05, 0) is 15.9 Å². The summed E-state index contributed by atoms with van der Waals surface area (Å²) in [5.41, 5.74) is 6.32. The van der Waals surface area contributed by atoms with Crippen LogP contribution in [0.2, 0.25) is 0 Å². The van der Waals surface area contributed by atoms with E-state index in [2.05, 4.69) is 31.0 Å². The number of nitrogen functional groups attached to an aromatic ring is 1. The Hall–Kier alpha value is -1.43. The molecule has 0 amide bonds. The van der Waals surface area contributed by atoms with Gasteiger partial charge in [-0.2, -0.15) is 5.10 Å². The molecule has 0 radical (unpaired) electrons. The van der Waals surface area contributed by atoms with Gasteiger partial charge in [0.25, 0.3) is 0 Å². The number of nitrogens with zero attached hydrogens (tertiary/aromatic N) is 4. The Balaban J connectivity index is 2.44. The maximum absolute atomic E-state index is 5.64. The third kappa shape index (κ3) is 1.60. The zero-order chi connectivity index (χ0) is 10.1. The van der Waals surface area contributed by atoms with Crippen LogP contribution in [-0.4, -0.2) is 19.7 Å². The molecule has 0 atom stereocenters. The molecular weight excluding hydrogens is 246 g/mol. The van der Waals surface area contributed by atoms with Crippen LogP contribution < -0.4 is 5.73 Å². The average Bonchev–Trinajstić information content (AvgIpc) is 2.48. The van der Waals surface area contributed by atoms with Gasteiger partial charge in [0.1, 0.15) is 11.5 Å². The standard InChI is InChI=1S/C8H8BrN5/c1-14-7(10)2-6(13-14)8-11-3-5(9)4-12-8/h2-4H,10H2,1H3. The van der Waals surface area contributed by atoms with E-state index in [1.165, 1.54) is 0 Å². The van der Waals surface area contributed by atoms with Crippen LogP contribution in [0.4, 0.5) is 5.82 Å². The molecule has 0 aliphatic heterocycles. The van der Waals surface area contributed by atoms with E-state index in [0.29, 0.717) is 17.3 Å². The van der Waals surface area contributed by atoms with Gasteiger partial charge >= 0.3 is 0 Å². The maximum atomic E-state index is 5.64. The van der Waals surface area contributed by atoms with Crippen LogP contribution in [-0.2, 0) is 7.05 Å². The number of halogens is 1. The van der Waals surface area contributed by atoms with E-state index in [1.807, 2.05) is 0 Å². The zero-order valence-electron chi connectivity index (χ0n) is 7.48. The fourth-order valence-electron chi connectivity index (χ4n) is 1.04. The predicted molar refractivity (Wildman–Crippen MR) is 56.3 cm³/mol. The first-order valence-electron chi connectivity index (χ1n) is 3.94. The Morgan fingerprint density at radius 1 is 1.36 bits per heavy atom. The summed E-state index contributed by atoms with van der Waals surface area (Å²) in [6, 6.07) is 1.74. The Morgan fingerprint density at radius 3 is 2.50 bits per heavy atom. The number of nitrogens with two attached hydrogens (primary N) is 1. The smallest absolute Gasteiger partial charge is 0.180 e. The molecule has 72 valence electrons. The van der Waals surface area contributed by atoms with Crippen LogP contribution in [0, 0.1) is 0 Å². The van der Waals surface area contributed by atoms with E-state index in [1.54, 1.807) is 30.2 Å². The van der Waals surface area contributed by atoms with Gasteiger partial charge in [0.15, 0.2) is 5.82 Å². The molecule has 2 rings (SSSR count). The fourth-order valence-corrected chi connectivity index (χ4v) is 1.24. The van der Waals surface area contributed by atoms with E-state index < -0.39 is 0 Å². The first-order valence-corrected chi connectivity index (χ1v) is 4.73. The first-order chi connectivity index (χ1) is 6.66. The monoisotopic (exact) mass is 253 g/mol. The van der Waals surface area contributed by atoms with Crippen molar-refractivity contribution in [1.82, 2.24) is 19.7 Å². The number of aromatic nitrogens is 4. The minimum absolute atomic E-state index is 0.570. The second-order valence-corrected chi connectivity index (χ2v) is 3.72. The molecule has 0 saturated heterocycles. The van der Waals surface area contributed by atoms with E-state index in [4.69, 9.17) is 5.73 Å². The van der Waals surface area contributed by atoms with Crippen molar-refractivity contribution in [2.24, 2.45) is 7.05 Å². The molecule has 0 aliphatic carbocycles. The number of hydrogen-bond donors (Lipinski definition) is 1. The number of hydrogen-bond acceptors (Lipinski definition) is 4. The van der Waals surface area contributed by atoms with Crippen molar-refractivity contribution in [2.45, 2.75) is 0 Å². The van der Waals surface area contributed by atoms with E-state index in [0.717, 1.165) is 4.47 Å². The van der Waals surface area contributed by atoms with Crippen LogP contribution in [0.15, 0.2) is 22.9 Å². The molecular formula is C8H8BrN5. The van der Waals surface area contributed by atoms with E-state index >= 15 is 0 Å². The first kappa shape index (κ1) is 9.14. The summed E-state index contributed by atoms with van der Waals surface area (Å²) in [4.78, 5) is 8.23. The van der Waals surface area contributed by atoms with Crippen molar-refractivity contribution in [3.05, 3.63) is 22.9 Å². The SMILES string of the molecule is Cn1nc(-c2ncc(Br)cn2)cc1N. The number of aryl methyl sites for hydroxylation is 1. The lowest BCUT2D eigenvalue weighted by Gasteiger charge is -1.93. The summed E-state index contributed by atoms with van der Waals surface area (Å²) in [7, 11) is 1.78. The van der Waals surface area contributed by atoms with Gasteiger partial charge in [-0.15, -0.1) is 0 Å². The predicted octanol–water partition coefficient (Wildman–Crippen LogP) is 1.22. The van der Waals surface area contributed by atoms with Crippen molar-refractivity contribution in [3.63, 3.8) is 0 Å². The largest absolute Gasteiger partial charge is 0.384 e. The van der Waals surface area contributed by atoms with Crippen LogP contribution in [0.3, 0.4) is 0 Å². The summed E-state index contributed by atoms with van der Waals surface area (Å²) >= 11 is 3.26. The molecule has 0 fully saturated rings. The number of rotatable bonds is 1. The highest BCUT2D eigenvalue weighted by atomic mass is 79.9. The van der Waals surface area contributed by atoms with Crippen molar-refractivity contribution >= 4 is 21.7 Å². The Kier molecular flexibility index (Phi) is 2.20. The lowest BCUT2D eigenvalue weighted by Crippen LogP contribution is -1.97. The molecule has 0 spiro atoms. The third-order valence-electron chi connectivity index (χ3n) is 1.77. The van der Waals surface area contributed by atoms with Gasteiger partial charge in [-0.25, -0.2) is 9.97 Å². The van der Waals surface area contributed by atoms with Gasteiger partial charge in [0.2, 0.25) is 0 Å². The number of anilines is 1. The summed E-state index contributed by atoms with van der Waals surface area (Å²) in [6.45, 7) is 0. The van der Waals surface area contributed by atoms with Gasteiger partial charge < -0.3 is 5.73 Å². The normalized spacial score (nSPS) is 10.4. The quantitative estimate of drug-likeness (QED) is 0.830. The molecule has 5 nitrogen and oxygen atoms in total. The summed E-state index contributed by atoms with van der Waals surface area (Å²) in [6.07, 6.45) is 3.35. The van der Waals surface area contributed by atoms with Gasteiger partial charge in [-0.1, -0.05) is 0 Å². The van der Waals surface area contributed by atoms with Gasteiger partial charge in [0.05, 0.1) is 4.47 Å². The Labute approximate surface area is 89.1 Å². The van der Waals surface area contributed by atoms with E-state index in [-0.39, 0.29) is 0 Å². The highest BCUT2D eigenvalue weighted by molar-refractivity contribution is 9.10. The molecule has 2 heterocycles. The van der Waals surface area contributed by atoms with Crippen molar-refractivity contribution in [2.75, 3.05) is 5.73 Å². The molecule has 0 aromatic carbocycles. The second-order valence-electron chi connectivity index (χ2n) is 2.80. The Bertz CT molecular complexity index is 428. The summed E-state index contributed by atoms with van der Waals surface area (Å²) < 4.78 is 2.42. The fraction of sp³-hybridized carbons (Fsp3) is 0.125. The topological polar surface area (TPSA) is 69.6 Å². The third-order valence-corrected chi connectivity index (χ3v) is 2.17. The van der Waals surface area contributed by atoms with E-state index in [9.17, 15) is 0 Å². The van der Waals surface area contributed by atoms with Gasteiger partial charge in [0, 0.05) is 25.5 Å². The van der Waals surface area contributed by atoms with Crippen LogP contribution in [0.5, 0.6) is 0 Å². The highest BCUT2D eigenvalue weighted by Crippen LogP contribution is 2.16. The lowest BCUT2D eigenvalue weighted by molar-refractivity contribution is 0.779. The van der Waals surface area contributed by atoms with Crippen LogP contribution >= 0.6 is 15.9 Å². The minimum atomic E-state index is 0.570. The zero-order valence-corrected chi connectivity index (χ0v) is 9.06. The average molecular weight is 254 g/mol. The summed E-state index contributed by atoms with van der Waals surface area (Å²) in [5, 5.41) is 4.16. The highest BCUT2D eigenvalue weighted by Gasteiger charge is 2.06. The van der Waals surface area contributed by atoms with Crippen LogP contribution in [0.25, 0.3) is 11.5 Å². The molecule has 2 aromatic heterocycles. The molecule has 0 aliphatic rings. The molecule has 6 heteroatoms. The Morgan fingerprint density at radius 2 is 2.00 bits per heavy atom. The lowest BCUT2D eigenvalue weighted by atomic mass is 10.4. The van der Waals surface area contributed by atoms with Crippen molar-refractivity contribution in [1.29, 1.82) is 0 Å². The summed E-state index contributed by atoms with van der Waals surface area (Å²) in [5.74, 6) is 1.16. The van der Waals surface area contributed by atoms with Crippen LogP contribution in [0.1, 0.15) is 0 Å². The molecule has 0 saturated carbocycles. The van der Waals surface area contributed by atoms with Crippen molar-refractivity contribution in [3.8, 4) is 11.5 Å². The van der Waals surface area contributed by atoms with Crippen molar-refractivity contribution < 1.29 is 0 Å². The van der Waals surface area contributed by atoms with Gasteiger partial charge in [-0.3, -0.25) is 4.68 Å². The minimum Gasteiger partial charge on any atom is -0.384 e. The second kappa shape index (κ2) is 3.38.